The molecule has 0 aliphatic carbocycles. The van der Waals surface area contributed by atoms with Crippen LogP contribution >= 0.6 is 0 Å². The van der Waals surface area contributed by atoms with Gasteiger partial charge in [-0.3, -0.25) is 9.59 Å². The van der Waals surface area contributed by atoms with Crippen LogP contribution in [-0.4, -0.2) is 55.0 Å². The molecule has 0 aliphatic heterocycles. The van der Waals surface area contributed by atoms with Gasteiger partial charge < -0.3 is 19.0 Å². The maximum atomic E-state index is 13.4. The molecule has 6 nitrogen and oxygen atoms in total. The molecular formula is C27H32N2O4. The van der Waals surface area contributed by atoms with Crippen molar-refractivity contribution in [2.45, 2.75) is 26.8 Å². The number of carbonyl (C=O) groups is 2. The van der Waals surface area contributed by atoms with Gasteiger partial charge in [-0.15, -0.1) is 0 Å². The maximum absolute atomic E-state index is 13.4. The van der Waals surface area contributed by atoms with E-state index in [4.69, 9.17) is 9.15 Å². The average Bonchev–Trinajstić information content (AvgIpc) is 3.24. The number of methoxy groups -OCH3 is 1. The van der Waals surface area contributed by atoms with Crippen molar-refractivity contribution in [2.75, 3.05) is 33.4 Å². The predicted molar refractivity (Wildman–Crippen MR) is 128 cm³/mol. The highest BCUT2D eigenvalue weighted by Crippen LogP contribution is 2.14. The van der Waals surface area contributed by atoms with Crippen molar-refractivity contribution in [3.8, 4) is 0 Å². The molecule has 0 aliphatic rings. The van der Waals surface area contributed by atoms with E-state index in [2.05, 4.69) is 0 Å². The lowest BCUT2D eigenvalue weighted by atomic mass is 10.1. The summed E-state index contributed by atoms with van der Waals surface area (Å²) in [5, 5.41) is 0. The van der Waals surface area contributed by atoms with Gasteiger partial charge in [0.25, 0.3) is 5.91 Å². The lowest BCUT2D eigenvalue weighted by Crippen LogP contribution is -2.44. The van der Waals surface area contributed by atoms with E-state index >= 15 is 0 Å². The number of carbonyl (C=O) groups excluding carboxylic acids is 2. The Hall–Kier alpha value is -3.38. The van der Waals surface area contributed by atoms with Crippen LogP contribution in [-0.2, 0) is 22.5 Å². The Bertz CT molecular complexity index is 1050. The molecule has 0 radical (unpaired) electrons. The first-order valence-corrected chi connectivity index (χ1v) is 11.2. The Kier molecular flexibility index (Phi) is 8.84. The summed E-state index contributed by atoms with van der Waals surface area (Å²) in [6, 6.07) is 21.3. The molecule has 33 heavy (non-hydrogen) atoms. The number of nitrogens with zero attached hydrogens (tertiary/aromatic N) is 2. The lowest BCUT2D eigenvalue weighted by molar-refractivity contribution is -0.132. The molecule has 0 fully saturated rings. The van der Waals surface area contributed by atoms with E-state index in [1.54, 1.807) is 23.0 Å². The number of rotatable bonds is 11. The number of ether oxygens (including phenoxy) is 1. The predicted octanol–water partition coefficient (Wildman–Crippen LogP) is 4.26. The van der Waals surface area contributed by atoms with Crippen LogP contribution in [0.5, 0.6) is 0 Å². The molecule has 0 saturated carbocycles. The molecule has 3 aromatic rings. The minimum absolute atomic E-state index is 0.0228. The van der Waals surface area contributed by atoms with Gasteiger partial charge in [-0.2, -0.15) is 0 Å². The second-order valence-corrected chi connectivity index (χ2v) is 8.10. The van der Waals surface area contributed by atoms with Crippen molar-refractivity contribution in [1.29, 1.82) is 0 Å². The third-order valence-electron chi connectivity index (χ3n) is 5.56. The SMILES string of the molecule is COCCN(CC(=O)N(CCc1ccccc1)Cc1ccc(C)o1)C(=O)c1ccccc1C. The first kappa shape index (κ1) is 24.3. The van der Waals surface area contributed by atoms with E-state index in [0.29, 0.717) is 31.8 Å². The zero-order chi connectivity index (χ0) is 23.6. The molecule has 0 atom stereocenters. The lowest BCUT2D eigenvalue weighted by Gasteiger charge is -2.27. The summed E-state index contributed by atoms with van der Waals surface area (Å²) < 4.78 is 10.9. The van der Waals surface area contributed by atoms with Crippen LogP contribution in [0.3, 0.4) is 0 Å². The van der Waals surface area contributed by atoms with Gasteiger partial charge in [0.15, 0.2) is 0 Å². The van der Waals surface area contributed by atoms with Crippen molar-refractivity contribution in [3.63, 3.8) is 0 Å². The molecule has 6 heteroatoms. The Morgan fingerprint density at radius 1 is 0.879 bits per heavy atom. The molecule has 1 aromatic heterocycles. The maximum Gasteiger partial charge on any atom is 0.254 e. The van der Waals surface area contributed by atoms with Gasteiger partial charge >= 0.3 is 0 Å². The van der Waals surface area contributed by atoms with E-state index in [-0.39, 0.29) is 18.4 Å². The van der Waals surface area contributed by atoms with Gasteiger partial charge in [0.2, 0.25) is 5.91 Å². The monoisotopic (exact) mass is 448 g/mol. The number of aryl methyl sites for hydroxylation is 2. The largest absolute Gasteiger partial charge is 0.464 e. The zero-order valence-electron chi connectivity index (χ0n) is 19.6. The van der Waals surface area contributed by atoms with Gasteiger partial charge in [-0.05, 0) is 49.6 Å². The number of hydrogen-bond acceptors (Lipinski definition) is 4. The van der Waals surface area contributed by atoms with Gasteiger partial charge in [-0.25, -0.2) is 0 Å². The van der Waals surface area contributed by atoms with Gasteiger partial charge in [-0.1, -0.05) is 48.5 Å². The van der Waals surface area contributed by atoms with Crippen LogP contribution in [0.4, 0.5) is 0 Å². The fraction of sp³-hybridized carbons (Fsp3) is 0.333. The summed E-state index contributed by atoms with van der Waals surface area (Å²) in [5.41, 5.74) is 2.63. The van der Waals surface area contributed by atoms with Crippen molar-refractivity contribution in [3.05, 3.63) is 94.9 Å². The van der Waals surface area contributed by atoms with Crippen LogP contribution in [0.25, 0.3) is 0 Å². The van der Waals surface area contributed by atoms with Crippen molar-refractivity contribution in [2.24, 2.45) is 0 Å². The summed E-state index contributed by atoms with van der Waals surface area (Å²) in [5.74, 6) is 1.23. The molecule has 0 bridgehead atoms. The number of hydrogen-bond donors (Lipinski definition) is 0. The van der Waals surface area contributed by atoms with Crippen molar-refractivity contribution in [1.82, 2.24) is 9.80 Å². The van der Waals surface area contributed by atoms with Crippen LogP contribution in [0.1, 0.15) is 33.0 Å². The average molecular weight is 449 g/mol. The highest BCUT2D eigenvalue weighted by molar-refractivity contribution is 5.97. The highest BCUT2D eigenvalue weighted by atomic mass is 16.5. The molecular weight excluding hydrogens is 416 g/mol. The number of amides is 2. The third kappa shape index (κ3) is 7.05. The van der Waals surface area contributed by atoms with Gasteiger partial charge in [0.1, 0.15) is 18.1 Å². The third-order valence-corrected chi connectivity index (χ3v) is 5.56. The first-order valence-electron chi connectivity index (χ1n) is 11.2. The van der Waals surface area contributed by atoms with Crippen LogP contribution in [0, 0.1) is 13.8 Å². The second kappa shape index (κ2) is 12.0. The normalized spacial score (nSPS) is 10.8. The Morgan fingerprint density at radius 3 is 2.27 bits per heavy atom. The summed E-state index contributed by atoms with van der Waals surface area (Å²) in [6.45, 7) is 5.33. The van der Waals surface area contributed by atoms with Crippen LogP contribution in [0.15, 0.2) is 71.1 Å². The molecule has 0 spiro atoms. The number of benzene rings is 2. The minimum Gasteiger partial charge on any atom is -0.464 e. The van der Waals surface area contributed by atoms with E-state index < -0.39 is 0 Å². The molecule has 3 rings (SSSR count). The molecule has 1 heterocycles. The van der Waals surface area contributed by atoms with E-state index in [1.165, 1.54) is 0 Å². The fourth-order valence-electron chi connectivity index (χ4n) is 3.66. The zero-order valence-corrected chi connectivity index (χ0v) is 19.6. The number of furan rings is 1. The summed E-state index contributed by atoms with van der Waals surface area (Å²) in [6.07, 6.45) is 0.718. The Balaban J connectivity index is 1.77. The molecule has 2 amide bonds. The van der Waals surface area contributed by atoms with Crippen LogP contribution in [0.2, 0.25) is 0 Å². The molecule has 2 aromatic carbocycles. The Morgan fingerprint density at radius 2 is 1.61 bits per heavy atom. The van der Waals surface area contributed by atoms with E-state index in [1.807, 2.05) is 74.5 Å². The molecule has 0 N–H and O–H groups in total. The van der Waals surface area contributed by atoms with Crippen LogP contribution < -0.4 is 0 Å². The minimum atomic E-state index is -0.171. The summed E-state index contributed by atoms with van der Waals surface area (Å²) in [7, 11) is 1.59. The van der Waals surface area contributed by atoms with E-state index in [0.717, 1.165) is 29.1 Å². The van der Waals surface area contributed by atoms with Crippen molar-refractivity contribution >= 4 is 11.8 Å². The fourth-order valence-corrected chi connectivity index (χ4v) is 3.66. The van der Waals surface area contributed by atoms with Crippen molar-refractivity contribution < 1.29 is 18.7 Å². The quantitative estimate of drug-likeness (QED) is 0.440. The smallest absolute Gasteiger partial charge is 0.254 e. The topological polar surface area (TPSA) is 63.0 Å². The molecule has 0 unspecified atom stereocenters. The van der Waals surface area contributed by atoms with Gasteiger partial charge in [0.05, 0.1) is 13.2 Å². The highest BCUT2D eigenvalue weighted by Gasteiger charge is 2.24. The summed E-state index contributed by atoms with van der Waals surface area (Å²) >= 11 is 0. The standard InChI is InChI=1S/C27H32N2O4/c1-21-9-7-8-12-25(21)27(31)29(17-18-32-3)20-26(30)28(19-24-14-13-22(2)33-24)16-15-23-10-5-4-6-11-23/h4-14H,15-20H2,1-3H3. The van der Waals surface area contributed by atoms with Gasteiger partial charge in [0, 0.05) is 25.8 Å². The first-order chi connectivity index (χ1) is 16.0. The van der Waals surface area contributed by atoms with E-state index in [9.17, 15) is 9.59 Å². The second-order valence-electron chi connectivity index (χ2n) is 8.10. The summed E-state index contributed by atoms with van der Waals surface area (Å²) in [4.78, 5) is 30.0. The Labute approximate surface area is 195 Å². The molecule has 174 valence electrons. The molecule has 0 saturated heterocycles.